The molecule has 2 saturated carbocycles. The number of likely N-dealkylation sites (N-methyl/N-ethyl adjacent to an activating group) is 1. The van der Waals surface area contributed by atoms with Gasteiger partial charge >= 0.3 is 0 Å². The second kappa shape index (κ2) is 6.79. The van der Waals surface area contributed by atoms with E-state index in [0.717, 1.165) is 24.5 Å². The fourth-order valence-corrected chi connectivity index (χ4v) is 4.03. The normalized spacial score (nSPS) is 30.1. The van der Waals surface area contributed by atoms with Gasteiger partial charge < -0.3 is 5.32 Å². The molecule has 0 aromatic carbocycles. The maximum atomic E-state index is 3.83. The van der Waals surface area contributed by atoms with Crippen LogP contribution in [0.3, 0.4) is 0 Å². The van der Waals surface area contributed by atoms with Gasteiger partial charge in [0.2, 0.25) is 0 Å². The van der Waals surface area contributed by atoms with Crippen LogP contribution in [0.2, 0.25) is 0 Å². The molecule has 0 radical (unpaired) electrons. The van der Waals surface area contributed by atoms with Crippen molar-refractivity contribution in [2.24, 2.45) is 11.3 Å². The fourth-order valence-electron chi connectivity index (χ4n) is 4.03. The second-order valence-electron chi connectivity index (χ2n) is 8.14. The van der Waals surface area contributed by atoms with E-state index in [1.807, 2.05) is 0 Å². The first-order chi connectivity index (χ1) is 9.45. The molecule has 2 heteroatoms. The Bertz CT molecular complexity index is 294. The fraction of sp³-hybridized carbons (Fsp3) is 1.00. The van der Waals surface area contributed by atoms with Crippen LogP contribution >= 0.6 is 0 Å². The third-order valence-corrected chi connectivity index (χ3v) is 5.38. The van der Waals surface area contributed by atoms with Gasteiger partial charge in [-0.05, 0) is 56.5 Å². The van der Waals surface area contributed by atoms with Crippen LogP contribution < -0.4 is 5.32 Å². The summed E-state index contributed by atoms with van der Waals surface area (Å²) >= 11 is 0. The molecule has 0 heterocycles. The second-order valence-corrected chi connectivity index (χ2v) is 8.14. The highest BCUT2D eigenvalue weighted by molar-refractivity contribution is 5.01. The van der Waals surface area contributed by atoms with Crippen LogP contribution in [0, 0.1) is 11.3 Å². The Morgan fingerprint density at radius 2 is 1.90 bits per heavy atom. The number of nitrogens with one attached hydrogen (secondary N) is 1. The van der Waals surface area contributed by atoms with Crippen molar-refractivity contribution < 1.29 is 0 Å². The van der Waals surface area contributed by atoms with Crippen LogP contribution in [0.5, 0.6) is 0 Å². The van der Waals surface area contributed by atoms with Crippen molar-refractivity contribution in [3.05, 3.63) is 0 Å². The van der Waals surface area contributed by atoms with Crippen LogP contribution in [0.15, 0.2) is 0 Å². The standard InChI is InChI=1S/C18H36N2/c1-6-19-17-16(8-7-12-18(17,4)5)20(15-9-10-15)13-11-14(2)3/h14-17,19H,6-13H2,1-5H3. The molecule has 2 aliphatic rings. The van der Waals surface area contributed by atoms with E-state index in [1.54, 1.807) is 0 Å². The van der Waals surface area contributed by atoms with Gasteiger partial charge in [0.15, 0.2) is 0 Å². The van der Waals surface area contributed by atoms with Crippen molar-refractivity contribution in [3.8, 4) is 0 Å². The van der Waals surface area contributed by atoms with Crippen LogP contribution in [0.25, 0.3) is 0 Å². The Morgan fingerprint density at radius 1 is 1.20 bits per heavy atom. The summed E-state index contributed by atoms with van der Waals surface area (Å²) < 4.78 is 0. The van der Waals surface area contributed by atoms with E-state index in [4.69, 9.17) is 0 Å². The van der Waals surface area contributed by atoms with Crippen molar-refractivity contribution in [1.82, 2.24) is 10.2 Å². The Kier molecular flexibility index (Phi) is 5.53. The Labute approximate surface area is 126 Å². The van der Waals surface area contributed by atoms with Crippen LogP contribution in [-0.4, -0.2) is 36.1 Å². The molecular formula is C18H36N2. The van der Waals surface area contributed by atoms with E-state index < -0.39 is 0 Å². The topological polar surface area (TPSA) is 15.3 Å². The van der Waals surface area contributed by atoms with Crippen LogP contribution in [0.1, 0.15) is 73.1 Å². The summed E-state index contributed by atoms with van der Waals surface area (Å²) in [7, 11) is 0. The molecule has 2 atom stereocenters. The minimum atomic E-state index is 0.448. The van der Waals surface area contributed by atoms with Gasteiger partial charge in [-0.2, -0.15) is 0 Å². The molecule has 0 aromatic heterocycles. The summed E-state index contributed by atoms with van der Waals surface area (Å²) in [6.07, 6.45) is 8.41. The molecule has 118 valence electrons. The van der Waals surface area contributed by atoms with E-state index in [1.165, 1.54) is 45.1 Å². The van der Waals surface area contributed by atoms with Gasteiger partial charge in [0.25, 0.3) is 0 Å². The summed E-state index contributed by atoms with van der Waals surface area (Å²) in [4.78, 5) is 2.88. The predicted octanol–water partition coefficient (Wildman–Crippen LogP) is 4.05. The van der Waals surface area contributed by atoms with Crippen molar-refractivity contribution in [2.45, 2.75) is 91.3 Å². The Hall–Kier alpha value is -0.0800. The van der Waals surface area contributed by atoms with E-state index in [-0.39, 0.29) is 0 Å². The van der Waals surface area contributed by atoms with Crippen molar-refractivity contribution in [3.63, 3.8) is 0 Å². The molecule has 1 N–H and O–H groups in total. The number of rotatable bonds is 7. The molecule has 0 spiro atoms. The first-order valence-electron chi connectivity index (χ1n) is 8.95. The van der Waals surface area contributed by atoms with Gasteiger partial charge in [-0.3, -0.25) is 4.90 Å². The lowest BCUT2D eigenvalue weighted by atomic mass is 9.70. The van der Waals surface area contributed by atoms with Crippen molar-refractivity contribution >= 4 is 0 Å². The highest BCUT2D eigenvalue weighted by atomic mass is 15.2. The van der Waals surface area contributed by atoms with Gasteiger partial charge in [-0.15, -0.1) is 0 Å². The predicted molar refractivity (Wildman–Crippen MR) is 88.1 cm³/mol. The molecule has 20 heavy (non-hydrogen) atoms. The van der Waals surface area contributed by atoms with Crippen molar-refractivity contribution in [1.29, 1.82) is 0 Å². The summed E-state index contributed by atoms with van der Waals surface area (Å²) in [5.74, 6) is 0.824. The molecular weight excluding hydrogens is 244 g/mol. The lowest BCUT2D eigenvalue weighted by Gasteiger charge is -2.49. The van der Waals surface area contributed by atoms with E-state index in [2.05, 4.69) is 44.8 Å². The summed E-state index contributed by atoms with van der Waals surface area (Å²) in [6, 6.07) is 2.34. The largest absolute Gasteiger partial charge is 0.312 e. The molecule has 2 fully saturated rings. The summed E-state index contributed by atoms with van der Waals surface area (Å²) in [5, 5.41) is 3.83. The molecule has 0 aromatic rings. The Balaban J connectivity index is 2.07. The summed E-state index contributed by atoms with van der Waals surface area (Å²) in [6.45, 7) is 14.3. The maximum absolute atomic E-state index is 3.83. The smallest absolute Gasteiger partial charge is 0.0274 e. The maximum Gasteiger partial charge on any atom is 0.0274 e. The number of nitrogens with zero attached hydrogens (tertiary/aromatic N) is 1. The quantitative estimate of drug-likeness (QED) is 0.757. The lowest BCUT2D eigenvalue weighted by Crippen LogP contribution is -2.59. The van der Waals surface area contributed by atoms with Gasteiger partial charge in [-0.25, -0.2) is 0 Å². The zero-order chi connectivity index (χ0) is 14.8. The molecule has 0 saturated heterocycles. The highest BCUT2D eigenvalue weighted by Crippen LogP contribution is 2.41. The minimum Gasteiger partial charge on any atom is -0.312 e. The van der Waals surface area contributed by atoms with E-state index >= 15 is 0 Å². The van der Waals surface area contributed by atoms with Gasteiger partial charge in [-0.1, -0.05) is 41.0 Å². The van der Waals surface area contributed by atoms with Crippen molar-refractivity contribution in [2.75, 3.05) is 13.1 Å². The zero-order valence-electron chi connectivity index (χ0n) is 14.4. The molecule has 2 rings (SSSR count). The SMILES string of the molecule is CCNC1C(N(CCC(C)C)C2CC2)CCCC1(C)C. The average Bonchev–Trinajstić information content (AvgIpc) is 3.17. The van der Waals surface area contributed by atoms with Gasteiger partial charge in [0.05, 0.1) is 0 Å². The highest BCUT2D eigenvalue weighted by Gasteiger charge is 2.44. The minimum absolute atomic E-state index is 0.448. The monoisotopic (exact) mass is 280 g/mol. The molecule has 2 aliphatic carbocycles. The lowest BCUT2D eigenvalue weighted by molar-refractivity contribution is 0.0415. The molecule has 0 bridgehead atoms. The van der Waals surface area contributed by atoms with Crippen LogP contribution in [0.4, 0.5) is 0 Å². The third kappa shape index (κ3) is 3.98. The van der Waals surface area contributed by atoms with Gasteiger partial charge in [0, 0.05) is 18.1 Å². The van der Waals surface area contributed by atoms with Gasteiger partial charge in [0.1, 0.15) is 0 Å². The van der Waals surface area contributed by atoms with Crippen LogP contribution in [-0.2, 0) is 0 Å². The molecule has 0 amide bonds. The number of hydrogen-bond donors (Lipinski definition) is 1. The molecule has 2 unspecified atom stereocenters. The molecule has 2 nitrogen and oxygen atoms in total. The number of hydrogen-bond acceptors (Lipinski definition) is 2. The average molecular weight is 280 g/mol. The zero-order valence-corrected chi connectivity index (χ0v) is 14.4. The van der Waals surface area contributed by atoms with E-state index in [0.29, 0.717) is 11.5 Å². The van der Waals surface area contributed by atoms with E-state index in [9.17, 15) is 0 Å². The summed E-state index contributed by atoms with van der Waals surface area (Å²) in [5.41, 5.74) is 0.448. The first kappa shape index (κ1) is 16.3. The third-order valence-electron chi connectivity index (χ3n) is 5.38. The molecule has 0 aliphatic heterocycles. The Morgan fingerprint density at radius 3 is 2.45 bits per heavy atom. The first-order valence-corrected chi connectivity index (χ1v) is 8.95.